The lowest BCUT2D eigenvalue weighted by molar-refractivity contribution is 0.975. The van der Waals surface area contributed by atoms with Crippen molar-refractivity contribution < 1.29 is 0 Å². The maximum absolute atomic E-state index is 5.76. The normalized spacial score (nSPS) is 10.2. The second-order valence-corrected chi connectivity index (χ2v) is 6.09. The lowest BCUT2D eigenvalue weighted by Crippen LogP contribution is -1.96. The van der Waals surface area contributed by atoms with E-state index in [-0.39, 0.29) is 10.6 Å². The fourth-order valence-electron chi connectivity index (χ4n) is 1.83. The lowest BCUT2D eigenvalue weighted by atomic mass is 10.3. The van der Waals surface area contributed by atoms with Crippen LogP contribution in [0.15, 0.2) is 18.2 Å². The smallest absolute Gasteiger partial charge is 0.224 e. The third-order valence-corrected chi connectivity index (χ3v) is 3.42. The van der Waals surface area contributed by atoms with E-state index in [2.05, 4.69) is 42.4 Å². The number of nitrogens with one attached hydrogen (secondary N) is 2. The summed E-state index contributed by atoms with van der Waals surface area (Å²) < 4.78 is 0. The molecule has 0 aromatic carbocycles. The Bertz CT molecular complexity index is 780. The molecule has 0 atom stereocenters. The minimum Gasteiger partial charge on any atom is -0.323 e. The van der Waals surface area contributed by atoms with E-state index in [9.17, 15) is 0 Å². The van der Waals surface area contributed by atoms with Crippen molar-refractivity contribution in [1.29, 1.82) is 0 Å². The van der Waals surface area contributed by atoms with Gasteiger partial charge in [0.05, 0.1) is 0 Å². The molecule has 132 valence electrons. The van der Waals surface area contributed by atoms with Crippen LogP contribution in [0.3, 0.4) is 0 Å². The summed E-state index contributed by atoms with van der Waals surface area (Å²) in [5.74, 6) is 1.37. The Morgan fingerprint density at radius 2 is 1.52 bits per heavy atom. The minimum atomic E-state index is 0.194. The second-order valence-electron chi connectivity index (χ2n) is 5.02. The molecule has 0 aliphatic rings. The van der Waals surface area contributed by atoms with Crippen LogP contribution in [-0.4, -0.2) is 30.1 Å². The Hall–Kier alpha value is -1.96. The number of hydrogen-bond donors (Lipinski definition) is 2. The predicted octanol–water partition coefficient (Wildman–Crippen LogP) is 4.56. The van der Waals surface area contributed by atoms with Crippen molar-refractivity contribution in [3.8, 4) is 0 Å². The van der Waals surface area contributed by atoms with Crippen LogP contribution in [0.2, 0.25) is 15.7 Å². The van der Waals surface area contributed by atoms with Crippen molar-refractivity contribution in [2.75, 3.05) is 5.32 Å². The van der Waals surface area contributed by atoms with Crippen molar-refractivity contribution in [3.05, 3.63) is 51.0 Å². The van der Waals surface area contributed by atoms with E-state index >= 15 is 0 Å². The van der Waals surface area contributed by atoms with E-state index in [4.69, 9.17) is 34.8 Å². The standard InChI is InChI=1S/C10H12ClN5.C5H4Cl2N2/c1-3-7-5-9(16-15-7)13-8-4-6(2)12-10(11)14-8;1-3-2-4(6)9-5(7)8-3/h4-5H,3H2,1-2H3,(H2,12,13,14,15,16);2H,1H3. The van der Waals surface area contributed by atoms with Gasteiger partial charge in [-0.1, -0.05) is 18.5 Å². The number of rotatable bonds is 3. The van der Waals surface area contributed by atoms with Gasteiger partial charge in [-0.25, -0.2) is 19.9 Å². The molecule has 0 radical (unpaired) electrons. The van der Waals surface area contributed by atoms with Gasteiger partial charge in [-0.05, 0) is 49.5 Å². The Kier molecular flexibility index (Phi) is 6.92. The molecular weight excluding hydrogens is 385 g/mol. The average molecular weight is 401 g/mol. The van der Waals surface area contributed by atoms with E-state index in [1.807, 2.05) is 19.1 Å². The zero-order valence-corrected chi connectivity index (χ0v) is 16.1. The number of aromatic amines is 1. The molecule has 0 aliphatic heterocycles. The summed E-state index contributed by atoms with van der Waals surface area (Å²) in [6, 6.07) is 5.39. The number of hydrogen-bond acceptors (Lipinski definition) is 6. The molecule has 0 fully saturated rings. The van der Waals surface area contributed by atoms with Gasteiger partial charge in [-0.3, -0.25) is 5.10 Å². The number of aryl methyl sites for hydroxylation is 3. The SMILES string of the molecule is CCc1cc(Nc2cc(C)nc(Cl)n2)n[nH]1.Cc1cc(Cl)nc(Cl)n1. The molecule has 0 aliphatic carbocycles. The molecular formula is C15H16Cl3N7. The van der Waals surface area contributed by atoms with Gasteiger partial charge in [0.2, 0.25) is 10.6 Å². The Labute approximate surface area is 160 Å². The van der Waals surface area contributed by atoms with Gasteiger partial charge in [0, 0.05) is 29.2 Å². The number of aromatic nitrogens is 6. The van der Waals surface area contributed by atoms with Crippen LogP contribution in [0.4, 0.5) is 11.6 Å². The molecule has 7 nitrogen and oxygen atoms in total. The van der Waals surface area contributed by atoms with Gasteiger partial charge in [0.15, 0.2) is 5.82 Å². The lowest BCUT2D eigenvalue weighted by Gasteiger charge is -2.02. The highest BCUT2D eigenvalue weighted by atomic mass is 35.5. The topological polar surface area (TPSA) is 92.3 Å². The first-order valence-corrected chi connectivity index (χ1v) is 8.48. The fraction of sp³-hybridized carbons (Fsp3) is 0.267. The zero-order valence-electron chi connectivity index (χ0n) is 13.8. The van der Waals surface area contributed by atoms with Gasteiger partial charge in [0.1, 0.15) is 11.0 Å². The van der Waals surface area contributed by atoms with Crippen molar-refractivity contribution in [2.45, 2.75) is 27.2 Å². The third-order valence-electron chi connectivity index (χ3n) is 2.89. The third kappa shape index (κ3) is 6.45. The maximum atomic E-state index is 5.76. The monoisotopic (exact) mass is 399 g/mol. The molecule has 0 amide bonds. The van der Waals surface area contributed by atoms with Crippen LogP contribution in [0, 0.1) is 13.8 Å². The van der Waals surface area contributed by atoms with Crippen LogP contribution < -0.4 is 5.32 Å². The van der Waals surface area contributed by atoms with Gasteiger partial charge >= 0.3 is 0 Å². The molecule has 25 heavy (non-hydrogen) atoms. The molecule has 3 aromatic heterocycles. The highest BCUT2D eigenvalue weighted by Gasteiger charge is 2.03. The molecule has 3 rings (SSSR count). The fourth-order valence-corrected chi connectivity index (χ4v) is 2.56. The number of anilines is 2. The number of H-pyrrole nitrogens is 1. The van der Waals surface area contributed by atoms with Crippen LogP contribution in [0.25, 0.3) is 0 Å². The molecule has 0 unspecified atom stereocenters. The molecule has 2 N–H and O–H groups in total. The summed E-state index contributed by atoms with van der Waals surface area (Å²) in [5, 5.41) is 10.9. The molecule has 0 spiro atoms. The van der Waals surface area contributed by atoms with Gasteiger partial charge in [-0.15, -0.1) is 0 Å². The van der Waals surface area contributed by atoms with Crippen molar-refractivity contribution in [3.63, 3.8) is 0 Å². The number of halogens is 3. The van der Waals surface area contributed by atoms with Crippen LogP contribution in [0.5, 0.6) is 0 Å². The Balaban J connectivity index is 0.000000212. The molecule has 0 saturated carbocycles. The van der Waals surface area contributed by atoms with E-state index in [0.29, 0.717) is 11.0 Å². The summed E-state index contributed by atoms with van der Waals surface area (Å²) >= 11 is 16.7. The molecule has 3 heterocycles. The first-order valence-electron chi connectivity index (χ1n) is 7.35. The van der Waals surface area contributed by atoms with Gasteiger partial charge in [-0.2, -0.15) is 5.10 Å². The van der Waals surface area contributed by atoms with Crippen LogP contribution in [-0.2, 0) is 6.42 Å². The van der Waals surface area contributed by atoms with Crippen molar-refractivity contribution in [1.82, 2.24) is 30.1 Å². The molecule has 0 bridgehead atoms. The first-order chi connectivity index (χ1) is 11.9. The first kappa shape index (κ1) is 19.4. The summed E-state index contributed by atoms with van der Waals surface area (Å²) in [6.45, 7) is 5.73. The minimum absolute atomic E-state index is 0.194. The van der Waals surface area contributed by atoms with Crippen LogP contribution in [0.1, 0.15) is 24.0 Å². The van der Waals surface area contributed by atoms with Gasteiger partial charge < -0.3 is 5.32 Å². The second kappa shape index (κ2) is 8.94. The average Bonchev–Trinajstić information content (AvgIpc) is 2.93. The highest BCUT2D eigenvalue weighted by molar-refractivity contribution is 6.31. The van der Waals surface area contributed by atoms with Crippen molar-refractivity contribution in [2.24, 2.45) is 0 Å². The molecule has 3 aromatic rings. The van der Waals surface area contributed by atoms with E-state index in [0.717, 1.165) is 29.3 Å². The summed E-state index contributed by atoms with van der Waals surface area (Å²) in [5.41, 5.74) is 2.66. The Morgan fingerprint density at radius 1 is 0.880 bits per heavy atom. The summed E-state index contributed by atoms with van der Waals surface area (Å²) in [6.07, 6.45) is 0.915. The zero-order chi connectivity index (χ0) is 18.4. The van der Waals surface area contributed by atoms with Gasteiger partial charge in [0.25, 0.3) is 0 Å². The summed E-state index contributed by atoms with van der Waals surface area (Å²) in [4.78, 5) is 15.5. The Morgan fingerprint density at radius 3 is 2.04 bits per heavy atom. The van der Waals surface area contributed by atoms with E-state index in [1.165, 1.54) is 0 Å². The highest BCUT2D eigenvalue weighted by Crippen LogP contribution is 2.15. The predicted molar refractivity (Wildman–Crippen MR) is 99.8 cm³/mol. The quantitative estimate of drug-likeness (QED) is 0.494. The largest absolute Gasteiger partial charge is 0.323 e. The molecule has 10 heteroatoms. The number of nitrogens with zero attached hydrogens (tertiary/aromatic N) is 5. The van der Waals surface area contributed by atoms with E-state index in [1.54, 1.807) is 13.0 Å². The van der Waals surface area contributed by atoms with E-state index < -0.39 is 0 Å². The summed E-state index contributed by atoms with van der Waals surface area (Å²) in [7, 11) is 0. The molecule has 0 saturated heterocycles. The maximum Gasteiger partial charge on any atom is 0.224 e. The van der Waals surface area contributed by atoms with Crippen LogP contribution >= 0.6 is 34.8 Å². The van der Waals surface area contributed by atoms with Crippen molar-refractivity contribution >= 4 is 46.4 Å².